The summed E-state index contributed by atoms with van der Waals surface area (Å²) in [7, 11) is 0. The first-order valence-corrected chi connectivity index (χ1v) is 8.09. The zero-order valence-corrected chi connectivity index (χ0v) is 11.7. The fourth-order valence-corrected chi connectivity index (χ4v) is 3.14. The summed E-state index contributed by atoms with van der Waals surface area (Å²) in [4.78, 5) is 12.0. The van der Waals surface area contributed by atoms with Crippen LogP contribution >= 0.6 is 23.5 Å². The number of carbonyl (C=O) groups is 1. The van der Waals surface area contributed by atoms with E-state index in [0.717, 1.165) is 10.7 Å². The lowest BCUT2D eigenvalue weighted by atomic mass is 10.1. The average Bonchev–Trinajstić information content (AvgIpc) is 3.17. The Labute approximate surface area is 111 Å². The molecular weight excluding hydrogens is 248 g/mol. The topological polar surface area (TPSA) is 17.1 Å². The van der Waals surface area contributed by atoms with E-state index < -0.39 is 0 Å². The molecular formula is C14H16OS2. The molecule has 0 heterocycles. The standard InChI is InChI=1S/C14H16OS2/c1-16-14(17-2)9-13(15)12-8-11(12)10-6-4-3-5-7-10/h3-7,9,11-12H,8H2,1-2H3. The molecule has 1 fully saturated rings. The Bertz CT molecular complexity index is 419. The largest absolute Gasteiger partial charge is 0.294 e. The van der Waals surface area contributed by atoms with Gasteiger partial charge in [0.25, 0.3) is 0 Å². The van der Waals surface area contributed by atoms with E-state index in [0.29, 0.717) is 5.92 Å². The molecule has 1 aliphatic carbocycles. The Morgan fingerprint density at radius 3 is 2.47 bits per heavy atom. The van der Waals surface area contributed by atoms with Crippen LogP contribution in [0.15, 0.2) is 40.6 Å². The second-order valence-corrected chi connectivity index (χ2v) is 6.09. The van der Waals surface area contributed by atoms with E-state index in [1.807, 2.05) is 36.8 Å². The zero-order valence-electron chi connectivity index (χ0n) is 10.1. The van der Waals surface area contributed by atoms with E-state index in [1.165, 1.54) is 5.56 Å². The van der Waals surface area contributed by atoms with Crippen LogP contribution in [-0.2, 0) is 4.79 Å². The fraction of sp³-hybridized carbons (Fsp3) is 0.357. The zero-order chi connectivity index (χ0) is 12.3. The van der Waals surface area contributed by atoms with Crippen molar-refractivity contribution in [2.75, 3.05) is 12.5 Å². The van der Waals surface area contributed by atoms with Gasteiger partial charge in [-0.3, -0.25) is 4.79 Å². The monoisotopic (exact) mass is 264 g/mol. The highest BCUT2D eigenvalue weighted by Crippen LogP contribution is 2.48. The number of ketones is 1. The van der Waals surface area contributed by atoms with Crippen molar-refractivity contribution in [1.29, 1.82) is 0 Å². The van der Waals surface area contributed by atoms with Gasteiger partial charge in [0.2, 0.25) is 0 Å². The van der Waals surface area contributed by atoms with Gasteiger partial charge in [0.15, 0.2) is 5.78 Å². The van der Waals surface area contributed by atoms with Crippen molar-refractivity contribution in [2.24, 2.45) is 5.92 Å². The third-order valence-electron chi connectivity index (χ3n) is 3.05. The van der Waals surface area contributed by atoms with Gasteiger partial charge in [-0.1, -0.05) is 30.3 Å². The molecule has 1 saturated carbocycles. The van der Waals surface area contributed by atoms with Crippen LogP contribution in [0, 0.1) is 5.92 Å². The number of carbonyl (C=O) groups excluding carboxylic acids is 1. The van der Waals surface area contributed by atoms with Crippen molar-refractivity contribution in [3.05, 3.63) is 46.2 Å². The molecule has 1 aromatic rings. The summed E-state index contributed by atoms with van der Waals surface area (Å²) in [6.45, 7) is 0. The minimum Gasteiger partial charge on any atom is -0.294 e. The van der Waals surface area contributed by atoms with Gasteiger partial charge >= 0.3 is 0 Å². The van der Waals surface area contributed by atoms with Crippen molar-refractivity contribution in [3.8, 4) is 0 Å². The molecule has 0 radical (unpaired) electrons. The quantitative estimate of drug-likeness (QED) is 0.750. The van der Waals surface area contributed by atoms with Gasteiger partial charge in [0.05, 0.1) is 0 Å². The fourth-order valence-electron chi connectivity index (χ4n) is 2.00. The molecule has 90 valence electrons. The molecule has 1 aliphatic rings. The predicted molar refractivity (Wildman–Crippen MR) is 77.4 cm³/mol. The maximum Gasteiger partial charge on any atom is 0.161 e. The van der Waals surface area contributed by atoms with Gasteiger partial charge in [-0.15, -0.1) is 23.5 Å². The number of rotatable bonds is 5. The molecule has 2 rings (SSSR count). The predicted octanol–water partition coefficient (Wildman–Crippen LogP) is 3.93. The lowest BCUT2D eigenvalue weighted by Gasteiger charge is -2.00. The van der Waals surface area contributed by atoms with Crippen molar-refractivity contribution in [2.45, 2.75) is 12.3 Å². The molecule has 0 amide bonds. The van der Waals surface area contributed by atoms with E-state index in [2.05, 4.69) is 12.1 Å². The first-order valence-electron chi connectivity index (χ1n) is 5.64. The number of benzene rings is 1. The molecule has 1 nitrogen and oxygen atoms in total. The minimum atomic E-state index is 0.215. The SMILES string of the molecule is CSC(=CC(=O)C1CC1c1ccccc1)SC. The first kappa shape index (κ1) is 12.8. The van der Waals surface area contributed by atoms with Gasteiger partial charge in [-0.2, -0.15) is 0 Å². The Balaban J connectivity index is 1.99. The Hall–Kier alpha value is -0.670. The molecule has 0 N–H and O–H groups in total. The normalized spacial score (nSPS) is 22.0. The maximum atomic E-state index is 12.0. The van der Waals surface area contributed by atoms with E-state index in [9.17, 15) is 4.79 Å². The molecule has 0 aliphatic heterocycles. The highest BCUT2D eigenvalue weighted by Gasteiger charge is 2.42. The van der Waals surface area contributed by atoms with Crippen LogP contribution in [0.25, 0.3) is 0 Å². The van der Waals surface area contributed by atoms with E-state index in [-0.39, 0.29) is 11.7 Å². The van der Waals surface area contributed by atoms with Crippen molar-refractivity contribution >= 4 is 29.3 Å². The van der Waals surface area contributed by atoms with Crippen molar-refractivity contribution < 1.29 is 4.79 Å². The van der Waals surface area contributed by atoms with E-state index >= 15 is 0 Å². The summed E-state index contributed by atoms with van der Waals surface area (Å²) in [6.07, 6.45) is 6.84. The molecule has 2 atom stereocenters. The van der Waals surface area contributed by atoms with Gasteiger partial charge in [-0.05, 0) is 30.4 Å². The first-order chi connectivity index (χ1) is 8.26. The molecule has 0 saturated heterocycles. The molecule has 0 spiro atoms. The summed E-state index contributed by atoms with van der Waals surface area (Å²) in [5.41, 5.74) is 1.30. The average molecular weight is 264 g/mol. The smallest absolute Gasteiger partial charge is 0.161 e. The summed E-state index contributed by atoms with van der Waals surface area (Å²) in [6, 6.07) is 10.3. The number of thioether (sulfide) groups is 2. The maximum absolute atomic E-state index is 12.0. The Kier molecular flexibility index (Phi) is 4.35. The van der Waals surface area contributed by atoms with Gasteiger partial charge < -0.3 is 0 Å². The number of allylic oxidation sites excluding steroid dienone is 1. The summed E-state index contributed by atoms with van der Waals surface area (Å²) >= 11 is 3.29. The number of hydrogen-bond donors (Lipinski definition) is 0. The highest BCUT2D eigenvalue weighted by molar-refractivity contribution is 8.21. The van der Waals surface area contributed by atoms with E-state index in [4.69, 9.17) is 0 Å². The third-order valence-corrected chi connectivity index (χ3v) is 5.09. The van der Waals surface area contributed by atoms with Crippen LogP contribution in [0.5, 0.6) is 0 Å². The van der Waals surface area contributed by atoms with Gasteiger partial charge in [-0.25, -0.2) is 0 Å². The van der Waals surface area contributed by atoms with Crippen LogP contribution in [-0.4, -0.2) is 18.3 Å². The lowest BCUT2D eigenvalue weighted by molar-refractivity contribution is -0.115. The van der Waals surface area contributed by atoms with Gasteiger partial charge in [0, 0.05) is 16.2 Å². The van der Waals surface area contributed by atoms with Crippen molar-refractivity contribution in [3.63, 3.8) is 0 Å². The molecule has 3 heteroatoms. The van der Waals surface area contributed by atoms with Crippen LogP contribution in [0.4, 0.5) is 0 Å². The molecule has 1 aromatic carbocycles. The number of hydrogen-bond acceptors (Lipinski definition) is 3. The van der Waals surface area contributed by atoms with Crippen LogP contribution in [0.1, 0.15) is 17.9 Å². The molecule has 0 aromatic heterocycles. The van der Waals surface area contributed by atoms with Gasteiger partial charge in [0.1, 0.15) is 0 Å². The van der Waals surface area contributed by atoms with E-state index in [1.54, 1.807) is 23.5 Å². The van der Waals surface area contributed by atoms with Crippen LogP contribution < -0.4 is 0 Å². The molecule has 2 unspecified atom stereocenters. The summed E-state index contributed by atoms with van der Waals surface area (Å²) in [5.74, 6) is 0.953. The summed E-state index contributed by atoms with van der Waals surface area (Å²) < 4.78 is 1.11. The second kappa shape index (κ2) is 5.78. The minimum absolute atomic E-state index is 0.215. The Morgan fingerprint density at radius 1 is 1.24 bits per heavy atom. The highest BCUT2D eigenvalue weighted by atomic mass is 32.2. The van der Waals surface area contributed by atoms with Crippen molar-refractivity contribution in [1.82, 2.24) is 0 Å². The van der Waals surface area contributed by atoms with Crippen LogP contribution in [0.3, 0.4) is 0 Å². The second-order valence-electron chi connectivity index (χ2n) is 4.13. The summed E-state index contributed by atoms with van der Waals surface area (Å²) in [5, 5.41) is 0. The third kappa shape index (κ3) is 3.17. The lowest BCUT2D eigenvalue weighted by Crippen LogP contribution is -1.98. The van der Waals surface area contributed by atoms with Crippen LogP contribution in [0.2, 0.25) is 0 Å². The molecule has 17 heavy (non-hydrogen) atoms. The molecule has 0 bridgehead atoms. The Morgan fingerprint density at radius 2 is 1.88 bits per heavy atom.